The first-order chi connectivity index (χ1) is 17.0. The molecule has 7 heteroatoms. The molecular formula is C28H26N2O5. The van der Waals surface area contributed by atoms with Gasteiger partial charge in [-0.1, -0.05) is 54.6 Å². The number of hydrogen-bond donors (Lipinski definition) is 3. The van der Waals surface area contributed by atoms with Gasteiger partial charge in [0.15, 0.2) is 0 Å². The minimum Gasteiger partial charge on any atom is -0.481 e. The van der Waals surface area contributed by atoms with E-state index < -0.39 is 18.0 Å². The number of fused-ring (bicyclic) bond motifs is 3. The summed E-state index contributed by atoms with van der Waals surface area (Å²) in [5, 5.41) is 14.7. The third-order valence-corrected chi connectivity index (χ3v) is 6.83. The summed E-state index contributed by atoms with van der Waals surface area (Å²) in [7, 11) is 0. The maximum atomic E-state index is 12.6. The molecule has 35 heavy (non-hydrogen) atoms. The van der Waals surface area contributed by atoms with Crippen LogP contribution in [-0.4, -0.2) is 35.7 Å². The van der Waals surface area contributed by atoms with E-state index in [-0.39, 0.29) is 24.5 Å². The first kappa shape index (κ1) is 22.7. The number of carboxylic acid groups (broad SMARTS) is 1. The van der Waals surface area contributed by atoms with Crippen LogP contribution in [-0.2, 0) is 9.53 Å². The van der Waals surface area contributed by atoms with Gasteiger partial charge >= 0.3 is 12.1 Å². The molecule has 0 bridgehead atoms. The molecule has 0 heterocycles. The van der Waals surface area contributed by atoms with Gasteiger partial charge < -0.3 is 15.2 Å². The molecule has 0 unspecified atom stereocenters. The van der Waals surface area contributed by atoms with Crippen molar-refractivity contribution in [1.29, 1.82) is 0 Å². The van der Waals surface area contributed by atoms with Gasteiger partial charge in [0.2, 0.25) is 0 Å². The normalized spacial score (nSPS) is 18.4. The van der Waals surface area contributed by atoms with Crippen LogP contribution in [0.4, 0.5) is 10.5 Å². The van der Waals surface area contributed by atoms with Crippen LogP contribution in [0.25, 0.3) is 11.1 Å². The molecule has 0 saturated heterocycles. The summed E-state index contributed by atoms with van der Waals surface area (Å²) in [4.78, 5) is 36.4. The second kappa shape index (κ2) is 9.62. The minimum absolute atomic E-state index is 0.0358. The molecule has 7 nitrogen and oxygen atoms in total. The molecule has 0 spiro atoms. The first-order valence-electron chi connectivity index (χ1n) is 11.8. The molecule has 5 rings (SSSR count). The van der Waals surface area contributed by atoms with Crippen LogP contribution in [0, 0.1) is 5.92 Å². The third kappa shape index (κ3) is 4.75. The third-order valence-electron chi connectivity index (χ3n) is 6.83. The van der Waals surface area contributed by atoms with E-state index in [0.717, 1.165) is 22.3 Å². The van der Waals surface area contributed by atoms with Gasteiger partial charge in [0, 0.05) is 23.2 Å². The van der Waals surface area contributed by atoms with Gasteiger partial charge in [-0.2, -0.15) is 0 Å². The first-order valence-corrected chi connectivity index (χ1v) is 11.8. The van der Waals surface area contributed by atoms with Gasteiger partial charge in [-0.05, 0) is 59.7 Å². The molecule has 3 N–H and O–H groups in total. The second-order valence-corrected chi connectivity index (χ2v) is 9.05. The molecule has 3 aromatic carbocycles. The fourth-order valence-corrected chi connectivity index (χ4v) is 5.10. The largest absolute Gasteiger partial charge is 0.481 e. The van der Waals surface area contributed by atoms with Crippen LogP contribution in [0.15, 0.2) is 72.8 Å². The molecule has 2 aliphatic rings. The van der Waals surface area contributed by atoms with E-state index in [1.165, 1.54) is 0 Å². The van der Waals surface area contributed by atoms with E-state index >= 15 is 0 Å². The highest BCUT2D eigenvalue weighted by Gasteiger charge is 2.31. The molecule has 2 amide bonds. The van der Waals surface area contributed by atoms with Crippen LogP contribution < -0.4 is 10.6 Å². The van der Waals surface area contributed by atoms with Crippen molar-refractivity contribution in [3.63, 3.8) is 0 Å². The lowest BCUT2D eigenvalue weighted by atomic mass is 9.98. The fourth-order valence-electron chi connectivity index (χ4n) is 5.10. The van der Waals surface area contributed by atoms with Crippen molar-refractivity contribution in [3.8, 4) is 11.1 Å². The number of carbonyl (C=O) groups is 3. The number of ether oxygens (including phenoxy) is 1. The van der Waals surface area contributed by atoms with Gasteiger partial charge in [-0.3, -0.25) is 14.9 Å². The van der Waals surface area contributed by atoms with E-state index in [0.29, 0.717) is 30.5 Å². The van der Waals surface area contributed by atoms with Crippen molar-refractivity contribution >= 4 is 23.7 Å². The van der Waals surface area contributed by atoms with Crippen LogP contribution in [0.3, 0.4) is 0 Å². The second-order valence-electron chi connectivity index (χ2n) is 9.05. The number of amides is 2. The van der Waals surface area contributed by atoms with E-state index in [2.05, 4.69) is 34.9 Å². The number of nitrogens with one attached hydrogen (secondary N) is 2. The van der Waals surface area contributed by atoms with Crippen molar-refractivity contribution in [2.75, 3.05) is 11.9 Å². The van der Waals surface area contributed by atoms with Crippen LogP contribution in [0.1, 0.15) is 46.7 Å². The van der Waals surface area contributed by atoms with Crippen molar-refractivity contribution in [3.05, 3.63) is 89.5 Å². The lowest BCUT2D eigenvalue weighted by Gasteiger charge is -2.15. The maximum Gasteiger partial charge on any atom is 0.411 e. The van der Waals surface area contributed by atoms with Crippen LogP contribution >= 0.6 is 0 Å². The summed E-state index contributed by atoms with van der Waals surface area (Å²) in [6.07, 6.45) is 1.03. The number of carboxylic acids is 1. The molecule has 0 aromatic heterocycles. The van der Waals surface area contributed by atoms with Crippen molar-refractivity contribution in [1.82, 2.24) is 5.32 Å². The molecule has 0 aliphatic heterocycles. The lowest BCUT2D eigenvalue weighted by molar-refractivity contribution is -0.141. The number of hydrogen-bond acceptors (Lipinski definition) is 4. The Hall–Kier alpha value is -4.13. The minimum atomic E-state index is -0.823. The number of benzene rings is 3. The Balaban J connectivity index is 1.19. The Bertz CT molecular complexity index is 1240. The molecular weight excluding hydrogens is 444 g/mol. The highest BCUT2D eigenvalue weighted by Crippen LogP contribution is 2.44. The standard InChI is InChI=1S/C28H26N2O5/c31-26(29-20-13-12-18(15-20)27(32)33)17-6-5-7-19(14-17)30-28(34)35-16-25-23-10-3-1-8-21(23)22-9-2-4-11-24(22)25/h1-11,14,18,20,25H,12-13,15-16H2,(H,29,31)(H,30,34)(H,32,33)/t18-,20+/m0/s1. The van der Waals surface area contributed by atoms with Crippen molar-refractivity contribution in [2.24, 2.45) is 5.92 Å². The Morgan fingerprint density at radius 3 is 2.23 bits per heavy atom. The highest BCUT2D eigenvalue weighted by molar-refractivity contribution is 5.96. The molecule has 1 saturated carbocycles. The summed E-state index contributed by atoms with van der Waals surface area (Å²) >= 11 is 0. The number of anilines is 1. The van der Waals surface area contributed by atoms with Crippen molar-refractivity contribution < 1.29 is 24.2 Å². The summed E-state index contributed by atoms with van der Waals surface area (Å²) in [6.45, 7) is 0.201. The Morgan fingerprint density at radius 2 is 1.57 bits per heavy atom. The maximum absolute atomic E-state index is 12.6. The van der Waals surface area contributed by atoms with Crippen molar-refractivity contribution in [2.45, 2.75) is 31.2 Å². The lowest BCUT2D eigenvalue weighted by Crippen LogP contribution is -2.33. The van der Waals surface area contributed by atoms with E-state index in [9.17, 15) is 14.4 Å². The van der Waals surface area contributed by atoms with E-state index in [1.807, 2.05) is 24.3 Å². The topological polar surface area (TPSA) is 105 Å². The zero-order valence-electron chi connectivity index (χ0n) is 19.1. The SMILES string of the molecule is O=C(Nc1cccc(C(=O)N[C@@H]2CC[C@H](C(=O)O)C2)c1)OCC1c2ccccc2-c2ccccc21. The summed E-state index contributed by atoms with van der Waals surface area (Å²) in [5.41, 5.74) is 5.43. The zero-order valence-corrected chi connectivity index (χ0v) is 19.1. The zero-order chi connectivity index (χ0) is 24.4. The summed E-state index contributed by atoms with van der Waals surface area (Å²) in [5.74, 6) is -1.57. The van der Waals surface area contributed by atoms with Crippen LogP contribution in [0.2, 0.25) is 0 Å². The molecule has 1 fully saturated rings. The Labute approximate surface area is 203 Å². The smallest absolute Gasteiger partial charge is 0.411 e. The van der Waals surface area contributed by atoms with E-state index in [4.69, 9.17) is 9.84 Å². The predicted octanol–water partition coefficient (Wildman–Crippen LogP) is 5.03. The van der Waals surface area contributed by atoms with E-state index in [1.54, 1.807) is 24.3 Å². The average Bonchev–Trinajstić information content (AvgIpc) is 3.46. The number of carbonyl (C=O) groups excluding carboxylic acids is 2. The Morgan fingerprint density at radius 1 is 0.886 bits per heavy atom. The molecule has 178 valence electrons. The monoisotopic (exact) mass is 470 g/mol. The molecule has 0 radical (unpaired) electrons. The molecule has 2 atom stereocenters. The highest BCUT2D eigenvalue weighted by atomic mass is 16.5. The van der Waals surface area contributed by atoms with Gasteiger partial charge in [0.05, 0.1) is 5.92 Å². The predicted molar refractivity (Wildman–Crippen MR) is 131 cm³/mol. The molecule has 3 aromatic rings. The Kier molecular flexibility index (Phi) is 6.23. The fraction of sp³-hybridized carbons (Fsp3) is 0.250. The van der Waals surface area contributed by atoms with Gasteiger partial charge in [0.25, 0.3) is 5.91 Å². The summed E-state index contributed by atoms with van der Waals surface area (Å²) < 4.78 is 5.58. The van der Waals surface area contributed by atoms with Gasteiger partial charge in [0.1, 0.15) is 6.61 Å². The summed E-state index contributed by atoms with van der Waals surface area (Å²) in [6, 6.07) is 22.7. The van der Waals surface area contributed by atoms with Gasteiger partial charge in [-0.15, -0.1) is 0 Å². The number of rotatable bonds is 6. The van der Waals surface area contributed by atoms with Gasteiger partial charge in [-0.25, -0.2) is 4.79 Å². The van der Waals surface area contributed by atoms with Crippen LogP contribution in [0.5, 0.6) is 0 Å². The quantitative estimate of drug-likeness (QED) is 0.469. The number of aliphatic carboxylic acids is 1. The average molecular weight is 471 g/mol. The molecule has 2 aliphatic carbocycles.